The maximum absolute atomic E-state index is 13.2. The Morgan fingerprint density at radius 1 is 1.14 bits per heavy atom. The van der Waals surface area contributed by atoms with Gasteiger partial charge in [-0.15, -0.1) is 0 Å². The van der Waals surface area contributed by atoms with Crippen LogP contribution in [0.15, 0.2) is 24.3 Å². The van der Waals surface area contributed by atoms with Crippen LogP contribution in [0.4, 0.5) is 4.79 Å². The zero-order valence-corrected chi connectivity index (χ0v) is 17.7. The quantitative estimate of drug-likeness (QED) is 0.719. The molecule has 1 aromatic rings. The van der Waals surface area contributed by atoms with Crippen LogP contribution in [0.1, 0.15) is 57.4 Å². The highest BCUT2D eigenvalue weighted by atomic mass is 16.5. The number of rotatable bonds is 6. The summed E-state index contributed by atoms with van der Waals surface area (Å²) < 4.78 is 5.20. The van der Waals surface area contributed by atoms with Gasteiger partial charge in [0.15, 0.2) is 6.67 Å². The Morgan fingerprint density at radius 3 is 2.62 bits per heavy atom. The van der Waals surface area contributed by atoms with E-state index in [1.165, 1.54) is 48.3 Å². The Hall–Kier alpha value is -2.08. The molecule has 0 spiro atoms. The summed E-state index contributed by atoms with van der Waals surface area (Å²) in [6.45, 7) is 3.45. The fourth-order valence-corrected chi connectivity index (χ4v) is 5.51. The number of imide groups is 1. The second-order valence-electron chi connectivity index (χ2n) is 9.20. The van der Waals surface area contributed by atoms with Crippen molar-refractivity contribution in [3.05, 3.63) is 29.8 Å². The molecule has 2 heterocycles. The number of carbonyl (C=O) groups excluding carboxylic acids is 2. The number of hydrogen-bond donors (Lipinski definition) is 2. The number of benzene rings is 1. The van der Waals surface area contributed by atoms with Crippen molar-refractivity contribution < 1.29 is 19.2 Å². The monoisotopic (exact) mass is 400 g/mol. The fraction of sp³-hybridized carbons (Fsp3) is 0.652. The highest BCUT2D eigenvalue weighted by Crippen LogP contribution is 2.29. The van der Waals surface area contributed by atoms with Crippen molar-refractivity contribution in [2.24, 2.45) is 5.92 Å². The molecule has 6 nitrogen and oxygen atoms in total. The summed E-state index contributed by atoms with van der Waals surface area (Å²) in [5.41, 5.74) is 0.317. The van der Waals surface area contributed by atoms with Gasteiger partial charge in [0.05, 0.1) is 19.7 Å². The Morgan fingerprint density at radius 2 is 1.86 bits per heavy atom. The fourth-order valence-electron chi connectivity index (χ4n) is 5.51. The summed E-state index contributed by atoms with van der Waals surface area (Å²) in [7, 11) is 1.65. The van der Waals surface area contributed by atoms with Gasteiger partial charge in [0.1, 0.15) is 11.3 Å². The molecule has 6 heteroatoms. The van der Waals surface area contributed by atoms with Crippen LogP contribution in [-0.4, -0.2) is 48.7 Å². The molecule has 0 bridgehead atoms. The van der Waals surface area contributed by atoms with Crippen LogP contribution in [0.3, 0.4) is 0 Å². The number of hydrogen-bond acceptors (Lipinski definition) is 3. The maximum Gasteiger partial charge on any atom is 0.329 e. The molecule has 29 heavy (non-hydrogen) atoms. The van der Waals surface area contributed by atoms with E-state index in [-0.39, 0.29) is 11.9 Å². The number of quaternary nitrogens is 1. The third-order valence-corrected chi connectivity index (χ3v) is 7.29. The lowest BCUT2D eigenvalue weighted by molar-refractivity contribution is -0.942. The largest absolute Gasteiger partial charge is 0.497 e. The molecule has 2 N–H and O–H groups in total. The number of ether oxygens (including phenoxy) is 1. The summed E-state index contributed by atoms with van der Waals surface area (Å²) in [5, 5.41) is 2.98. The van der Waals surface area contributed by atoms with Crippen LogP contribution in [-0.2, 0) is 11.2 Å². The van der Waals surface area contributed by atoms with Crippen molar-refractivity contribution in [2.45, 2.75) is 69.9 Å². The van der Waals surface area contributed by atoms with Gasteiger partial charge in [-0.05, 0) is 69.6 Å². The minimum Gasteiger partial charge on any atom is -0.497 e. The first-order valence-corrected chi connectivity index (χ1v) is 11.1. The first kappa shape index (κ1) is 20.2. The average Bonchev–Trinajstić information content (AvgIpc) is 2.96. The SMILES string of the molecule is COc1ccc(CC[C@]2(C)NC(=O)N(C[NH+]3CCC[C@H]4CCCC[C@@H]43)C2=O)cc1. The second-order valence-corrected chi connectivity index (χ2v) is 9.20. The molecule has 4 atom stereocenters. The van der Waals surface area contributed by atoms with Crippen LogP contribution in [0.2, 0.25) is 0 Å². The van der Waals surface area contributed by atoms with E-state index in [0.717, 1.165) is 30.2 Å². The number of fused-ring (bicyclic) bond motifs is 1. The lowest BCUT2D eigenvalue weighted by Gasteiger charge is -2.42. The smallest absolute Gasteiger partial charge is 0.329 e. The number of nitrogens with one attached hydrogen (secondary N) is 2. The lowest BCUT2D eigenvalue weighted by Crippen LogP contribution is -3.19. The van der Waals surface area contributed by atoms with Crippen LogP contribution in [0.25, 0.3) is 0 Å². The van der Waals surface area contributed by atoms with E-state index >= 15 is 0 Å². The minimum atomic E-state index is -0.821. The number of likely N-dealkylation sites (tertiary alicyclic amines) is 1. The van der Waals surface area contributed by atoms with Crippen molar-refractivity contribution in [1.29, 1.82) is 0 Å². The molecule has 3 fully saturated rings. The molecule has 158 valence electrons. The predicted octanol–water partition coefficient (Wildman–Crippen LogP) is 2.13. The normalized spacial score (nSPS) is 32.1. The summed E-state index contributed by atoms with van der Waals surface area (Å²) in [6, 6.07) is 8.28. The molecule has 0 radical (unpaired) electrons. The number of carbonyl (C=O) groups is 2. The number of amides is 3. The molecule has 4 rings (SSSR count). The first-order chi connectivity index (χ1) is 14.0. The highest BCUT2D eigenvalue weighted by molar-refractivity contribution is 6.06. The standard InChI is InChI=1S/C23H33N3O3/c1-23(14-13-17-9-11-19(29-2)12-10-17)21(27)26(22(28)24-23)16-25-15-5-7-18-6-3-4-8-20(18)25/h9-12,18,20H,3-8,13-16H2,1-2H3,(H,24,28)/p+1/t18-,20+,23+/m1/s1. The summed E-state index contributed by atoms with van der Waals surface area (Å²) in [4.78, 5) is 28.8. The topological polar surface area (TPSA) is 63.1 Å². The molecular formula is C23H34N3O3+. The zero-order valence-electron chi connectivity index (χ0n) is 17.7. The van der Waals surface area contributed by atoms with Crippen molar-refractivity contribution >= 4 is 11.9 Å². The Bertz CT molecular complexity index is 748. The molecule has 3 amide bonds. The summed E-state index contributed by atoms with van der Waals surface area (Å²) in [5.74, 6) is 1.53. The van der Waals surface area contributed by atoms with Gasteiger partial charge in [0.25, 0.3) is 5.91 Å². The molecule has 2 aliphatic heterocycles. The highest BCUT2D eigenvalue weighted by Gasteiger charge is 2.50. The van der Waals surface area contributed by atoms with E-state index in [4.69, 9.17) is 4.74 Å². The molecule has 1 aliphatic carbocycles. The van der Waals surface area contributed by atoms with Crippen LogP contribution in [0.5, 0.6) is 5.75 Å². The van der Waals surface area contributed by atoms with E-state index < -0.39 is 5.54 Å². The number of aryl methyl sites for hydroxylation is 1. The summed E-state index contributed by atoms with van der Waals surface area (Å²) in [6.07, 6.45) is 9.02. The van der Waals surface area contributed by atoms with Gasteiger partial charge >= 0.3 is 6.03 Å². The van der Waals surface area contributed by atoms with E-state index in [1.807, 2.05) is 31.2 Å². The third kappa shape index (κ3) is 4.13. The van der Waals surface area contributed by atoms with Gasteiger partial charge in [0.2, 0.25) is 0 Å². The summed E-state index contributed by atoms with van der Waals surface area (Å²) >= 11 is 0. The number of methoxy groups -OCH3 is 1. The third-order valence-electron chi connectivity index (χ3n) is 7.29. The molecule has 0 aromatic heterocycles. The van der Waals surface area contributed by atoms with E-state index in [9.17, 15) is 9.59 Å². The minimum absolute atomic E-state index is 0.0681. The second kappa shape index (κ2) is 8.34. The average molecular weight is 401 g/mol. The van der Waals surface area contributed by atoms with Gasteiger partial charge in [-0.2, -0.15) is 0 Å². The Labute approximate surface area is 173 Å². The number of urea groups is 1. The van der Waals surface area contributed by atoms with E-state index in [2.05, 4.69) is 5.32 Å². The van der Waals surface area contributed by atoms with Crippen molar-refractivity contribution in [3.63, 3.8) is 0 Å². The Balaban J connectivity index is 1.39. The molecule has 1 unspecified atom stereocenters. The van der Waals surface area contributed by atoms with Crippen LogP contribution in [0, 0.1) is 5.92 Å². The van der Waals surface area contributed by atoms with Crippen LogP contribution >= 0.6 is 0 Å². The zero-order chi connectivity index (χ0) is 20.4. The van der Waals surface area contributed by atoms with Gasteiger partial charge in [-0.25, -0.2) is 9.69 Å². The van der Waals surface area contributed by atoms with Crippen molar-refractivity contribution in [3.8, 4) is 5.75 Å². The van der Waals surface area contributed by atoms with Crippen molar-refractivity contribution in [2.75, 3.05) is 20.3 Å². The van der Waals surface area contributed by atoms with E-state index in [0.29, 0.717) is 19.1 Å². The van der Waals surface area contributed by atoms with Gasteiger partial charge < -0.3 is 15.0 Å². The van der Waals surface area contributed by atoms with Crippen molar-refractivity contribution in [1.82, 2.24) is 10.2 Å². The number of nitrogens with zero attached hydrogens (tertiary/aromatic N) is 1. The molecule has 1 aromatic carbocycles. The van der Waals surface area contributed by atoms with Gasteiger partial charge in [0, 0.05) is 5.92 Å². The predicted molar refractivity (Wildman–Crippen MR) is 111 cm³/mol. The Kier molecular flexibility index (Phi) is 5.81. The maximum atomic E-state index is 13.2. The molecule has 3 aliphatic rings. The molecular weight excluding hydrogens is 366 g/mol. The lowest BCUT2D eigenvalue weighted by atomic mass is 9.78. The molecule has 2 saturated heterocycles. The number of piperidine rings is 1. The van der Waals surface area contributed by atoms with Gasteiger partial charge in [-0.3, -0.25) is 4.79 Å². The van der Waals surface area contributed by atoms with Crippen LogP contribution < -0.4 is 15.0 Å². The van der Waals surface area contributed by atoms with Gasteiger partial charge in [-0.1, -0.05) is 18.6 Å². The molecule has 1 saturated carbocycles. The first-order valence-electron chi connectivity index (χ1n) is 11.1. The van der Waals surface area contributed by atoms with E-state index in [1.54, 1.807) is 7.11 Å².